The van der Waals surface area contributed by atoms with Crippen LogP contribution in [0.5, 0.6) is 0 Å². The Bertz CT molecular complexity index is 1210. The van der Waals surface area contributed by atoms with Gasteiger partial charge in [0, 0.05) is 40.3 Å². The molecule has 5 rings (SSSR count). The lowest BCUT2D eigenvalue weighted by molar-refractivity contribution is 0.0755. The van der Waals surface area contributed by atoms with Crippen molar-refractivity contribution in [1.82, 2.24) is 20.2 Å². The van der Waals surface area contributed by atoms with Crippen LogP contribution in [-0.4, -0.2) is 51.7 Å². The van der Waals surface area contributed by atoms with Gasteiger partial charge in [-0.05, 0) is 44.2 Å². The van der Waals surface area contributed by atoms with E-state index < -0.39 is 11.6 Å². The maximum Gasteiger partial charge on any atom is 0.280 e. The smallest absolute Gasteiger partial charge is 0.280 e. The monoisotopic (exact) mass is 507 g/mol. The van der Waals surface area contributed by atoms with Gasteiger partial charge in [0.1, 0.15) is 5.54 Å². The third kappa shape index (κ3) is 4.55. The Morgan fingerprint density at radius 1 is 1.33 bits per heavy atom. The van der Waals surface area contributed by atoms with Crippen molar-refractivity contribution in [3.8, 4) is 0 Å². The number of thiazole rings is 1. The molecule has 176 valence electrons. The quantitative estimate of drug-likeness (QED) is 0.464. The van der Waals surface area contributed by atoms with E-state index in [1.54, 1.807) is 12.1 Å². The standard InChI is InChI=1S/C23H26ClN5O2S.ClH/c1-29-9-7-16-18(12-29)32-22(27-16)21(31)28-19-4-2-3-8-23(19,25)20(30)17-11-13-10-14(24)5-6-15(13)26-17;/h5-6,10-11,19,26H,2-4,7-9,12,25H2,1H3,(H,28,31);1H. The van der Waals surface area contributed by atoms with E-state index in [2.05, 4.69) is 27.2 Å². The summed E-state index contributed by atoms with van der Waals surface area (Å²) >= 11 is 7.53. The van der Waals surface area contributed by atoms with E-state index in [0.29, 0.717) is 28.6 Å². The van der Waals surface area contributed by atoms with Gasteiger partial charge in [-0.15, -0.1) is 23.7 Å². The molecule has 7 nitrogen and oxygen atoms in total. The molecule has 1 aliphatic carbocycles. The number of nitrogens with zero attached hydrogens (tertiary/aromatic N) is 2. The van der Waals surface area contributed by atoms with Gasteiger partial charge >= 0.3 is 0 Å². The normalized spacial score (nSPS) is 23.1. The number of aromatic amines is 1. The molecule has 3 aromatic rings. The predicted octanol–water partition coefficient (Wildman–Crippen LogP) is 3.94. The van der Waals surface area contributed by atoms with Gasteiger partial charge in [0.2, 0.25) is 5.78 Å². The summed E-state index contributed by atoms with van der Waals surface area (Å²) in [5.74, 6) is -0.431. The van der Waals surface area contributed by atoms with E-state index in [1.165, 1.54) is 11.3 Å². The Labute approximate surface area is 207 Å². The van der Waals surface area contributed by atoms with Crippen LogP contribution in [0.15, 0.2) is 24.3 Å². The largest absolute Gasteiger partial charge is 0.352 e. The molecule has 2 atom stereocenters. The zero-order valence-corrected chi connectivity index (χ0v) is 20.7. The van der Waals surface area contributed by atoms with Gasteiger partial charge < -0.3 is 20.9 Å². The molecule has 1 saturated carbocycles. The van der Waals surface area contributed by atoms with Gasteiger partial charge in [-0.3, -0.25) is 9.59 Å². The Morgan fingerprint density at radius 3 is 2.97 bits per heavy atom. The first-order valence-corrected chi connectivity index (χ1v) is 12.1. The fourth-order valence-corrected chi connectivity index (χ4v) is 6.06. The van der Waals surface area contributed by atoms with Gasteiger partial charge in [0.25, 0.3) is 5.91 Å². The predicted molar refractivity (Wildman–Crippen MR) is 134 cm³/mol. The average molecular weight is 508 g/mol. The minimum atomic E-state index is -1.17. The summed E-state index contributed by atoms with van der Waals surface area (Å²) in [6, 6.07) is 6.78. The number of carbonyl (C=O) groups excluding carboxylic acids is 2. The van der Waals surface area contributed by atoms with Gasteiger partial charge in [-0.1, -0.05) is 24.4 Å². The minimum absolute atomic E-state index is 0. The van der Waals surface area contributed by atoms with E-state index in [0.717, 1.165) is 53.8 Å². The van der Waals surface area contributed by atoms with E-state index in [-0.39, 0.29) is 24.1 Å². The number of hydrogen-bond donors (Lipinski definition) is 3. The topological polar surface area (TPSA) is 104 Å². The van der Waals surface area contributed by atoms with E-state index in [1.807, 2.05) is 12.1 Å². The van der Waals surface area contributed by atoms with Crippen molar-refractivity contribution in [1.29, 1.82) is 0 Å². The molecule has 3 heterocycles. The van der Waals surface area contributed by atoms with Gasteiger partial charge in [0.15, 0.2) is 5.01 Å². The fourth-order valence-electron chi connectivity index (χ4n) is 4.79. The minimum Gasteiger partial charge on any atom is -0.352 e. The maximum atomic E-state index is 13.5. The number of rotatable bonds is 4. The van der Waals surface area contributed by atoms with Crippen molar-refractivity contribution in [3.05, 3.63) is 50.6 Å². The van der Waals surface area contributed by atoms with Crippen molar-refractivity contribution in [2.45, 2.75) is 50.2 Å². The number of benzene rings is 1. The zero-order valence-electron chi connectivity index (χ0n) is 18.3. The lowest BCUT2D eigenvalue weighted by Crippen LogP contribution is -2.64. The first kappa shape index (κ1) is 24.2. The number of hydrogen-bond acceptors (Lipinski definition) is 6. The number of fused-ring (bicyclic) bond motifs is 2. The number of carbonyl (C=O) groups is 2. The number of amides is 1. The maximum absolute atomic E-state index is 13.5. The number of likely N-dealkylation sites (N-methyl/N-ethyl adjacent to an activating group) is 1. The summed E-state index contributed by atoms with van der Waals surface area (Å²) in [5.41, 5.74) is 7.85. The van der Waals surface area contributed by atoms with Crippen LogP contribution in [-0.2, 0) is 13.0 Å². The highest BCUT2D eigenvalue weighted by atomic mass is 35.5. The number of ketones is 1. The lowest BCUT2D eigenvalue weighted by Gasteiger charge is -2.39. The van der Waals surface area contributed by atoms with Crippen molar-refractivity contribution in [2.75, 3.05) is 13.6 Å². The summed E-state index contributed by atoms with van der Waals surface area (Å²) in [5, 5.41) is 4.97. The molecule has 33 heavy (non-hydrogen) atoms. The molecule has 2 unspecified atom stereocenters. The van der Waals surface area contributed by atoms with E-state index in [4.69, 9.17) is 17.3 Å². The third-order valence-corrected chi connectivity index (χ3v) is 7.94. The molecule has 0 radical (unpaired) electrons. The number of H-pyrrole nitrogens is 1. The Morgan fingerprint density at radius 2 is 2.15 bits per heavy atom. The van der Waals surface area contributed by atoms with Crippen LogP contribution in [0.3, 0.4) is 0 Å². The van der Waals surface area contributed by atoms with Crippen molar-refractivity contribution >= 4 is 57.9 Å². The van der Waals surface area contributed by atoms with E-state index in [9.17, 15) is 9.59 Å². The number of Topliss-reactive ketones (excluding diaryl/α,β-unsaturated/α-hetero) is 1. The lowest BCUT2D eigenvalue weighted by atomic mass is 9.74. The number of nitrogens with two attached hydrogens (primary N) is 1. The first-order valence-electron chi connectivity index (χ1n) is 10.9. The molecule has 0 saturated heterocycles. The van der Waals surface area contributed by atoms with Crippen LogP contribution in [0.1, 0.15) is 56.5 Å². The number of nitrogens with one attached hydrogen (secondary N) is 2. The van der Waals surface area contributed by atoms with Gasteiger partial charge in [-0.2, -0.15) is 0 Å². The molecule has 4 N–H and O–H groups in total. The Kier molecular flexibility index (Phi) is 6.85. The Hall–Kier alpha value is -1.97. The fraction of sp³-hybridized carbons (Fsp3) is 0.435. The molecular weight excluding hydrogens is 481 g/mol. The van der Waals surface area contributed by atoms with E-state index >= 15 is 0 Å². The third-order valence-electron chi connectivity index (χ3n) is 6.63. The highest BCUT2D eigenvalue weighted by Gasteiger charge is 2.45. The van der Waals surface area contributed by atoms with Gasteiger partial charge in [-0.25, -0.2) is 4.98 Å². The van der Waals surface area contributed by atoms with Crippen LogP contribution in [0.4, 0.5) is 0 Å². The van der Waals surface area contributed by atoms with Crippen LogP contribution in [0, 0.1) is 0 Å². The van der Waals surface area contributed by atoms with Gasteiger partial charge in [0.05, 0.1) is 17.4 Å². The summed E-state index contributed by atoms with van der Waals surface area (Å²) in [6.07, 6.45) is 3.79. The van der Waals surface area contributed by atoms with Crippen LogP contribution in [0.2, 0.25) is 5.02 Å². The molecule has 0 bridgehead atoms. The van der Waals surface area contributed by atoms with Crippen LogP contribution < -0.4 is 11.1 Å². The average Bonchev–Trinajstić information content (AvgIpc) is 3.38. The number of aromatic nitrogens is 2. The number of halogens is 2. The molecule has 2 aromatic heterocycles. The second-order valence-electron chi connectivity index (χ2n) is 8.93. The molecule has 10 heteroatoms. The molecular formula is C23H27Cl2N5O2S. The first-order chi connectivity index (χ1) is 15.3. The second-order valence-corrected chi connectivity index (χ2v) is 10.5. The SMILES string of the molecule is CN1CCc2nc(C(=O)NC3CCCCC3(N)C(=O)c3cc4cc(Cl)ccc4[nH]3)sc2C1.Cl. The Balaban J connectivity index is 0.00000259. The molecule has 1 amide bonds. The summed E-state index contributed by atoms with van der Waals surface area (Å²) < 4.78 is 0. The summed E-state index contributed by atoms with van der Waals surface area (Å²) in [6.45, 7) is 1.75. The molecule has 0 spiro atoms. The van der Waals surface area contributed by atoms with Crippen LogP contribution in [0.25, 0.3) is 10.9 Å². The summed E-state index contributed by atoms with van der Waals surface area (Å²) in [7, 11) is 2.07. The van der Waals surface area contributed by atoms with Crippen molar-refractivity contribution < 1.29 is 9.59 Å². The van der Waals surface area contributed by atoms with Crippen LogP contribution >= 0.6 is 35.3 Å². The molecule has 2 aliphatic rings. The second kappa shape index (κ2) is 9.35. The highest BCUT2D eigenvalue weighted by molar-refractivity contribution is 7.13. The molecule has 1 aliphatic heterocycles. The molecule has 1 fully saturated rings. The molecule has 1 aromatic carbocycles. The zero-order chi connectivity index (χ0) is 22.5. The van der Waals surface area contributed by atoms with Crippen molar-refractivity contribution in [3.63, 3.8) is 0 Å². The summed E-state index contributed by atoms with van der Waals surface area (Å²) in [4.78, 5) is 37.7. The highest BCUT2D eigenvalue weighted by Crippen LogP contribution is 2.32. The van der Waals surface area contributed by atoms with Crippen molar-refractivity contribution in [2.24, 2.45) is 5.73 Å².